The van der Waals surface area contributed by atoms with Crippen LogP contribution >= 0.6 is 11.6 Å². The van der Waals surface area contributed by atoms with Crippen molar-refractivity contribution in [2.24, 2.45) is 0 Å². The second-order valence-corrected chi connectivity index (χ2v) is 8.54. The predicted molar refractivity (Wildman–Crippen MR) is 129 cm³/mol. The van der Waals surface area contributed by atoms with Gasteiger partial charge in [0, 0.05) is 24.9 Å². The third kappa shape index (κ3) is 6.97. The fraction of sp³-hybridized carbons (Fsp3) is 0.320. The summed E-state index contributed by atoms with van der Waals surface area (Å²) < 4.78 is 27.4. The van der Waals surface area contributed by atoms with Crippen LogP contribution in [0.4, 0.5) is 5.82 Å². The predicted octanol–water partition coefficient (Wildman–Crippen LogP) is 5.09. The number of ether oxygens (including phenoxy) is 4. The van der Waals surface area contributed by atoms with Crippen molar-refractivity contribution in [3.8, 4) is 11.5 Å². The molecule has 0 radical (unpaired) electrons. The molecule has 186 valence electrons. The van der Waals surface area contributed by atoms with E-state index < -0.39 is 17.5 Å². The summed E-state index contributed by atoms with van der Waals surface area (Å²) in [6.07, 6.45) is 1.05. The Balaban J connectivity index is 1.87. The Bertz CT molecular complexity index is 1170. The van der Waals surface area contributed by atoms with E-state index in [0.717, 1.165) is 0 Å². The third-order valence-corrected chi connectivity index (χ3v) is 5.05. The fourth-order valence-electron chi connectivity index (χ4n) is 3.21. The standard InChI is InChI=1S/C25H27ClN2O7/c1-15(14-31-4)33-18-10-17(23(29)28-22-9-6-16(13-27-22)24(30)32-5)11-19(12-18)35-25(2,3)20-7-8-21(26)34-20/h6-13,15H,14H2,1-5H3,(H,27,28,29)/t15-/m0/s1. The molecule has 2 aromatic heterocycles. The number of benzene rings is 1. The second kappa shape index (κ2) is 11.2. The summed E-state index contributed by atoms with van der Waals surface area (Å²) in [5.41, 5.74) is -0.346. The highest BCUT2D eigenvalue weighted by Gasteiger charge is 2.27. The lowest BCUT2D eigenvalue weighted by atomic mass is 10.1. The number of pyridine rings is 1. The fourth-order valence-corrected chi connectivity index (χ4v) is 3.35. The van der Waals surface area contributed by atoms with Gasteiger partial charge in [-0.15, -0.1) is 0 Å². The molecule has 35 heavy (non-hydrogen) atoms. The van der Waals surface area contributed by atoms with E-state index in [4.69, 9.17) is 30.2 Å². The average Bonchev–Trinajstić information content (AvgIpc) is 3.26. The monoisotopic (exact) mass is 502 g/mol. The van der Waals surface area contributed by atoms with Crippen LogP contribution in [-0.2, 0) is 15.1 Å². The van der Waals surface area contributed by atoms with Gasteiger partial charge in [0.25, 0.3) is 5.91 Å². The number of carbonyl (C=O) groups excluding carboxylic acids is 2. The molecule has 0 saturated heterocycles. The first kappa shape index (κ1) is 26.1. The van der Waals surface area contributed by atoms with Crippen LogP contribution in [0.2, 0.25) is 5.22 Å². The van der Waals surface area contributed by atoms with Crippen LogP contribution in [0.15, 0.2) is 53.1 Å². The summed E-state index contributed by atoms with van der Waals surface area (Å²) in [6.45, 7) is 5.84. The Morgan fingerprint density at radius 2 is 1.83 bits per heavy atom. The van der Waals surface area contributed by atoms with Crippen LogP contribution in [0, 0.1) is 0 Å². The highest BCUT2D eigenvalue weighted by molar-refractivity contribution is 6.28. The molecule has 1 N–H and O–H groups in total. The first-order valence-electron chi connectivity index (χ1n) is 10.7. The first-order valence-corrected chi connectivity index (χ1v) is 11.1. The van der Waals surface area contributed by atoms with Gasteiger partial charge >= 0.3 is 5.97 Å². The number of furan rings is 1. The Morgan fingerprint density at radius 3 is 2.43 bits per heavy atom. The number of nitrogens with zero attached hydrogens (tertiary/aromatic N) is 1. The Labute approximate surface area is 208 Å². The zero-order valence-electron chi connectivity index (χ0n) is 20.1. The third-order valence-electron chi connectivity index (χ3n) is 4.85. The molecule has 0 aliphatic heterocycles. The van der Waals surface area contributed by atoms with E-state index in [2.05, 4.69) is 15.0 Å². The quantitative estimate of drug-likeness (QED) is 0.381. The normalized spacial score (nSPS) is 12.1. The Kier molecular flexibility index (Phi) is 8.37. The summed E-state index contributed by atoms with van der Waals surface area (Å²) in [5.74, 6) is 0.602. The number of halogens is 1. The van der Waals surface area contributed by atoms with Gasteiger partial charge in [0.1, 0.15) is 29.2 Å². The molecular weight excluding hydrogens is 476 g/mol. The second-order valence-electron chi connectivity index (χ2n) is 8.17. The number of carbonyl (C=O) groups is 2. The van der Waals surface area contributed by atoms with Gasteiger partial charge < -0.3 is 28.7 Å². The number of hydrogen-bond acceptors (Lipinski definition) is 8. The van der Waals surface area contributed by atoms with E-state index in [1.165, 1.54) is 25.4 Å². The summed E-state index contributed by atoms with van der Waals surface area (Å²) >= 11 is 5.92. The van der Waals surface area contributed by atoms with Crippen LogP contribution in [0.3, 0.4) is 0 Å². The minimum Gasteiger partial charge on any atom is -0.488 e. The lowest BCUT2D eigenvalue weighted by Crippen LogP contribution is -2.25. The number of aromatic nitrogens is 1. The van der Waals surface area contributed by atoms with Crippen molar-refractivity contribution < 1.29 is 33.0 Å². The SMILES string of the molecule is COC[C@H](C)Oc1cc(OC(C)(C)c2ccc(Cl)o2)cc(C(=O)Nc2ccc(C(=O)OC)cn2)c1. The van der Waals surface area contributed by atoms with Crippen molar-refractivity contribution in [3.63, 3.8) is 0 Å². The minimum atomic E-state index is -0.886. The van der Waals surface area contributed by atoms with Crippen LogP contribution in [-0.4, -0.2) is 43.8 Å². The van der Waals surface area contributed by atoms with E-state index in [-0.39, 0.29) is 28.3 Å². The van der Waals surface area contributed by atoms with Gasteiger partial charge in [0.05, 0.1) is 19.3 Å². The number of hydrogen-bond donors (Lipinski definition) is 1. The van der Waals surface area contributed by atoms with Crippen molar-refractivity contribution in [3.05, 3.63) is 70.8 Å². The lowest BCUT2D eigenvalue weighted by molar-refractivity contribution is 0.0600. The lowest BCUT2D eigenvalue weighted by Gasteiger charge is -2.25. The van der Waals surface area contributed by atoms with Crippen LogP contribution < -0.4 is 14.8 Å². The van der Waals surface area contributed by atoms with Gasteiger partial charge in [-0.25, -0.2) is 9.78 Å². The molecule has 0 bridgehead atoms. The van der Waals surface area contributed by atoms with Crippen molar-refractivity contribution in [1.82, 2.24) is 4.98 Å². The van der Waals surface area contributed by atoms with Gasteiger partial charge in [0.15, 0.2) is 10.8 Å². The van der Waals surface area contributed by atoms with Crippen LogP contribution in [0.5, 0.6) is 11.5 Å². The van der Waals surface area contributed by atoms with Gasteiger partial charge in [-0.1, -0.05) is 0 Å². The maximum atomic E-state index is 13.0. The molecule has 0 aliphatic rings. The van der Waals surface area contributed by atoms with E-state index in [1.807, 2.05) is 20.8 Å². The molecule has 0 unspecified atom stereocenters. The molecule has 0 spiro atoms. The molecule has 1 atom stereocenters. The summed E-state index contributed by atoms with van der Waals surface area (Å²) in [7, 11) is 2.86. The number of esters is 1. The Morgan fingerprint density at radius 1 is 1.09 bits per heavy atom. The van der Waals surface area contributed by atoms with Crippen molar-refractivity contribution in [2.45, 2.75) is 32.5 Å². The molecule has 0 saturated carbocycles. The average molecular weight is 503 g/mol. The molecule has 9 nitrogen and oxygen atoms in total. The molecule has 1 amide bonds. The van der Waals surface area contributed by atoms with Crippen molar-refractivity contribution in [1.29, 1.82) is 0 Å². The van der Waals surface area contributed by atoms with Crippen molar-refractivity contribution >= 4 is 29.3 Å². The van der Waals surface area contributed by atoms with Gasteiger partial charge in [-0.2, -0.15) is 0 Å². The van der Waals surface area contributed by atoms with Gasteiger partial charge in [-0.05, 0) is 68.8 Å². The maximum Gasteiger partial charge on any atom is 0.339 e. The minimum absolute atomic E-state index is 0.243. The molecule has 3 aromatic rings. The molecule has 1 aromatic carbocycles. The smallest absolute Gasteiger partial charge is 0.339 e. The molecule has 0 aliphatic carbocycles. The van der Waals surface area contributed by atoms with Crippen LogP contribution in [0.25, 0.3) is 0 Å². The van der Waals surface area contributed by atoms with E-state index in [1.54, 1.807) is 37.4 Å². The molecule has 2 heterocycles. The van der Waals surface area contributed by atoms with E-state index in [9.17, 15) is 9.59 Å². The van der Waals surface area contributed by atoms with E-state index in [0.29, 0.717) is 23.9 Å². The van der Waals surface area contributed by atoms with E-state index >= 15 is 0 Å². The van der Waals surface area contributed by atoms with Crippen molar-refractivity contribution in [2.75, 3.05) is 26.1 Å². The molecule has 10 heteroatoms. The Hall–Kier alpha value is -3.56. The maximum absolute atomic E-state index is 13.0. The highest BCUT2D eigenvalue weighted by Crippen LogP contribution is 2.33. The molecular formula is C25H27ClN2O7. The zero-order chi connectivity index (χ0) is 25.6. The largest absolute Gasteiger partial charge is 0.488 e. The first-order chi connectivity index (χ1) is 16.6. The molecule has 3 rings (SSSR count). The number of anilines is 1. The summed E-state index contributed by atoms with van der Waals surface area (Å²) in [4.78, 5) is 28.7. The van der Waals surface area contributed by atoms with Gasteiger partial charge in [0.2, 0.25) is 0 Å². The van der Waals surface area contributed by atoms with Gasteiger partial charge in [-0.3, -0.25) is 4.79 Å². The zero-order valence-corrected chi connectivity index (χ0v) is 20.8. The number of amides is 1. The highest BCUT2D eigenvalue weighted by atomic mass is 35.5. The number of rotatable bonds is 10. The summed E-state index contributed by atoms with van der Waals surface area (Å²) in [6, 6.07) is 11.2. The summed E-state index contributed by atoms with van der Waals surface area (Å²) in [5, 5.41) is 2.94. The molecule has 0 fully saturated rings. The number of methoxy groups -OCH3 is 2. The van der Waals surface area contributed by atoms with Crippen LogP contribution in [0.1, 0.15) is 47.2 Å². The number of nitrogens with one attached hydrogen (secondary N) is 1. The topological polar surface area (TPSA) is 109 Å².